The van der Waals surface area contributed by atoms with Gasteiger partial charge in [-0.1, -0.05) is 42.5 Å². The largest absolute Gasteiger partial charge is 0.444 e. The molecule has 0 saturated carbocycles. The van der Waals surface area contributed by atoms with Gasteiger partial charge in [0.05, 0.1) is 5.52 Å². The molecule has 4 rings (SSSR count). The number of carbonyl (C=O) groups is 1. The molecule has 1 amide bonds. The zero-order valence-corrected chi connectivity index (χ0v) is 16.5. The molecule has 0 fully saturated rings. The van der Waals surface area contributed by atoms with Crippen LogP contribution in [0.1, 0.15) is 38.2 Å². The first-order valence-electron chi connectivity index (χ1n) is 9.27. The van der Waals surface area contributed by atoms with E-state index in [-0.39, 0.29) is 5.95 Å². The van der Waals surface area contributed by atoms with Gasteiger partial charge in [-0.25, -0.2) is 9.78 Å². The summed E-state index contributed by atoms with van der Waals surface area (Å²) in [4.78, 5) is 21.7. The Labute approximate surface area is 167 Å². The lowest BCUT2D eigenvalue weighted by Gasteiger charge is -2.24. The molecule has 2 aromatic heterocycles. The van der Waals surface area contributed by atoms with Crippen LogP contribution in [0.3, 0.4) is 0 Å². The van der Waals surface area contributed by atoms with Crippen molar-refractivity contribution in [3.63, 3.8) is 0 Å². The average Bonchev–Trinajstić information content (AvgIpc) is 3.07. The number of para-hydroxylation sites is 1. The zero-order chi connectivity index (χ0) is 20.6. The lowest BCUT2D eigenvalue weighted by atomic mass is 10.1. The number of ether oxygens (including phenoxy) is 1. The molecule has 1 atom stereocenters. The van der Waals surface area contributed by atoms with Crippen LogP contribution in [0.4, 0.5) is 10.7 Å². The first-order valence-corrected chi connectivity index (χ1v) is 9.27. The predicted molar refractivity (Wildman–Crippen MR) is 110 cm³/mol. The van der Waals surface area contributed by atoms with E-state index in [4.69, 9.17) is 15.5 Å². The Morgan fingerprint density at radius 3 is 2.48 bits per heavy atom. The van der Waals surface area contributed by atoms with Crippen LogP contribution in [0.15, 0.2) is 54.6 Å². The molecule has 8 nitrogen and oxygen atoms in total. The molecule has 148 valence electrons. The molecule has 8 heteroatoms. The summed E-state index contributed by atoms with van der Waals surface area (Å²) < 4.78 is 7.04. The molecule has 0 saturated heterocycles. The van der Waals surface area contributed by atoms with Gasteiger partial charge in [0.1, 0.15) is 11.6 Å². The van der Waals surface area contributed by atoms with Crippen LogP contribution in [-0.4, -0.2) is 31.3 Å². The second-order valence-corrected chi connectivity index (χ2v) is 7.68. The maximum atomic E-state index is 12.6. The third-order valence-corrected chi connectivity index (χ3v) is 4.27. The minimum absolute atomic E-state index is 0.133. The first kappa shape index (κ1) is 18.7. The van der Waals surface area contributed by atoms with Crippen LogP contribution in [0, 0.1) is 0 Å². The number of rotatable bonds is 3. The van der Waals surface area contributed by atoms with Crippen molar-refractivity contribution in [2.75, 3.05) is 5.73 Å². The number of hydrogen-bond donors (Lipinski definition) is 2. The van der Waals surface area contributed by atoms with E-state index in [0.717, 1.165) is 16.5 Å². The van der Waals surface area contributed by atoms with E-state index in [2.05, 4.69) is 15.4 Å². The highest BCUT2D eigenvalue weighted by Gasteiger charge is 2.26. The van der Waals surface area contributed by atoms with Crippen LogP contribution in [0.5, 0.6) is 0 Å². The van der Waals surface area contributed by atoms with E-state index in [1.165, 1.54) is 0 Å². The molecule has 2 aromatic carbocycles. The highest BCUT2D eigenvalue weighted by Crippen LogP contribution is 2.26. The minimum Gasteiger partial charge on any atom is -0.444 e. The van der Waals surface area contributed by atoms with Gasteiger partial charge in [0, 0.05) is 5.39 Å². The standard InChI is InChI=1S/C21H22N6O2/c1-21(2,3)29-20(28)24-16(13-9-5-4-6-10-13)18-23-15-12-8-7-11-14(15)17-25-19(22)26-27(17)18/h4-12,16H,1-3H3,(H2,22,26)(H,24,28). The van der Waals surface area contributed by atoms with Gasteiger partial charge in [0.25, 0.3) is 0 Å². The van der Waals surface area contributed by atoms with Crippen molar-refractivity contribution < 1.29 is 9.53 Å². The number of anilines is 1. The van der Waals surface area contributed by atoms with Gasteiger partial charge in [-0.2, -0.15) is 9.50 Å². The maximum absolute atomic E-state index is 12.6. The molecular formula is C21H22N6O2. The number of nitrogens with one attached hydrogen (secondary N) is 1. The van der Waals surface area contributed by atoms with E-state index in [0.29, 0.717) is 11.5 Å². The maximum Gasteiger partial charge on any atom is 0.408 e. The molecule has 0 aliphatic rings. The Hall–Kier alpha value is -3.68. The van der Waals surface area contributed by atoms with Crippen LogP contribution in [0.2, 0.25) is 0 Å². The van der Waals surface area contributed by atoms with Gasteiger partial charge in [-0.05, 0) is 38.5 Å². The van der Waals surface area contributed by atoms with Crippen LogP contribution >= 0.6 is 0 Å². The van der Waals surface area contributed by atoms with Crippen molar-refractivity contribution >= 4 is 28.6 Å². The number of alkyl carbamates (subject to hydrolysis) is 1. The fraction of sp³-hybridized carbons (Fsp3) is 0.238. The Morgan fingerprint density at radius 1 is 1.07 bits per heavy atom. The second kappa shape index (κ2) is 7.05. The van der Waals surface area contributed by atoms with Gasteiger partial charge in [0.15, 0.2) is 11.5 Å². The number of amides is 1. The Morgan fingerprint density at radius 2 is 1.76 bits per heavy atom. The number of nitrogen functional groups attached to an aromatic ring is 1. The van der Waals surface area contributed by atoms with E-state index in [1.54, 1.807) is 4.52 Å². The van der Waals surface area contributed by atoms with Crippen LogP contribution < -0.4 is 11.1 Å². The normalized spacial score (nSPS) is 12.8. The number of fused-ring (bicyclic) bond motifs is 3. The smallest absolute Gasteiger partial charge is 0.408 e. The van der Waals surface area contributed by atoms with Gasteiger partial charge < -0.3 is 15.8 Å². The summed E-state index contributed by atoms with van der Waals surface area (Å²) in [7, 11) is 0. The van der Waals surface area contributed by atoms with Crippen molar-refractivity contribution in [1.29, 1.82) is 0 Å². The van der Waals surface area contributed by atoms with Crippen molar-refractivity contribution in [3.8, 4) is 0 Å². The summed E-state index contributed by atoms with van der Waals surface area (Å²) in [6, 6.07) is 16.5. The Balaban J connectivity index is 1.90. The molecule has 0 aliphatic heterocycles. The summed E-state index contributed by atoms with van der Waals surface area (Å²) in [6.07, 6.45) is -0.553. The molecule has 0 aliphatic carbocycles. The van der Waals surface area contributed by atoms with Gasteiger partial charge >= 0.3 is 6.09 Å². The first-order chi connectivity index (χ1) is 13.8. The van der Waals surface area contributed by atoms with E-state index < -0.39 is 17.7 Å². The average molecular weight is 390 g/mol. The third-order valence-electron chi connectivity index (χ3n) is 4.27. The predicted octanol–water partition coefficient (Wildman–Crippen LogP) is 3.47. The number of benzene rings is 2. The van der Waals surface area contributed by atoms with Crippen molar-refractivity contribution in [3.05, 3.63) is 66.0 Å². The number of nitrogens with two attached hydrogens (primary N) is 1. The lowest BCUT2D eigenvalue weighted by Crippen LogP contribution is -2.36. The van der Waals surface area contributed by atoms with Gasteiger partial charge in [-0.3, -0.25) is 0 Å². The van der Waals surface area contributed by atoms with Crippen molar-refractivity contribution in [2.45, 2.75) is 32.4 Å². The summed E-state index contributed by atoms with van der Waals surface area (Å²) >= 11 is 0. The third kappa shape index (κ3) is 3.82. The molecule has 2 heterocycles. The summed E-state index contributed by atoms with van der Waals surface area (Å²) in [6.45, 7) is 5.44. The van der Waals surface area contributed by atoms with Gasteiger partial charge in [-0.15, -0.1) is 5.10 Å². The summed E-state index contributed by atoms with van der Waals surface area (Å²) in [5.41, 5.74) is 7.40. The molecule has 0 spiro atoms. The van der Waals surface area contributed by atoms with E-state index in [9.17, 15) is 4.79 Å². The summed E-state index contributed by atoms with van der Waals surface area (Å²) in [5.74, 6) is 0.619. The molecule has 3 N–H and O–H groups in total. The highest BCUT2D eigenvalue weighted by molar-refractivity contribution is 5.91. The summed E-state index contributed by atoms with van der Waals surface area (Å²) in [5, 5.41) is 8.06. The van der Waals surface area contributed by atoms with Crippen molar-refractivity contribution in [2.24, 2.45) is 0 Å². The number of hydrogen-bond acceptors (Lipinski definition) is 6. The topological polar surface area (TPSA) is 107 Å². The number of nitrogens with zero attached hydrogens (tertiary/aromatic N) is 4. The van der Waals surface area contributed by atoms with E-state index >= 15 is 0 Å². The Bertz CT molecular complexity index is 1180. The van der Waals surface area contributed by atoms with Gasteiger partial charge in [0.2, 0.25) is 5.95 Å². The number of carbonyl (C=O) groups excluding carboxylic acids is 1. The highest BCUT2D eigenvalue weighted by atomic mass is 16.6. The fourth-order valence-corrected chi connectivity index (χ4v) is 3.15. The quantitative estimate of drug-likeness (QED) is 0.555. The lowest BCUT2D eigenvalue weighted by molar-refractivity contribution is 0.0510. The number of aromatic nitrogens is 4. The zero-order valence-electron chi connectivity index (χ0n) is 16.5. The molecule has 29 heavy (non-hydrogen) atoms. The monoisotopic (exact) mass is 390 g/mol. The fourth-order valence-electron chi connectivity index (χ4n) is 3.15. The van der Waals surface area contributed by atoms with Crippen LogP contribution in [0.25, 0.3) is 16.6 Å². The Kier molecular flexibility index (Phi) is 4.54. The molecule has 0 radical (unpaired) electrons. The molecular weight excluding hydrogens is 368 g/mol. The molecule has 1 unspecified atom stereocenters. The SMILES string of the molecule is CC(C)(C)OC(=O)NC(c1ccccc1)c1nc2ccccc2c2nc(N)nn12. The van der Waals surface area contributed by atoms with E-state index in [1.807, 2.05) is 75.4 Å². The molecule has 0 bridgehead atoms. The van der Waals surface area contributed by atoms with Crippen molar-refractivity contribution in [1.82, 2.24) is 24.9 Å². The molecule has 4 aromatic rings. The van der Waals surface area contributed by atoms with Crippen LogP contribution in [-0.2, 0) is 4.74 Å². The second-order valence-electron chi connectivity index (χ2n) is 7.68. The minimum atomic E-state index is -0.630.